The molecule has 0 atom stereocenters. The van der Waals surface area contributed by atoms with Gasteiger partial charge in [0.2, 0.25) is 0 Å². The van der Waals surface area contributed by atoms with Crippen LogP contribution in [-0.2, 0) is 13.0 Å². The van der Waals surface area contributed by atoms with Gasteiger partial charge in [-0.2, -0.15) is 0 Å². The Balaban J connectivity index is 2.12. The number of nitrogens with one attached hydrogen (secondary N) is 2. The summed E-state index contributed by atoms with van der Waals surface area (Å²) in [6.45, 7) is 7.87. The van der Waals surface area contributed by atoms with Crippen LogP contribution in [0.2, 0.25) is 0 Å². The van der Waals surface area contributed by atoms with Gasteiger partial charge in [-0.15, -0.1) is 11.3 Å². The van der Waals surface area contributed by atoms with Gasteiger partial charge in [0.15, 0.2) is 0 Å². The Morgan fingerprint density at radius 1 is 1.36 bits per heavy atom. The molecule has 2 N–H and O–H groups in total. The van der Waals surface area contributed by atoms with Crippen LogP contribution in [0.3, 0.4) is 0 Å². The van der Waals surface area contributed by atoms with E-state index in [1.165, 1.54) is 11.3 Å². The summed E-state index contributed by atoms with van der Waals surface area (Å²) in [5.41, 5.74) is 2.90. The van der Waals surface area contributed by atoms with Gasteiger partial charge in [0.1, 0.15) is 4.88 Å². The Kier molecular flexibility index (Phi) is 5.13. The Morgan fingerprint density at radius 2 is 2.09 bits per heavy atom. The summed E-state index contributed by atoms with van der Waals surface area (Å²) >= 11 is 1.43. The fourth-order valence-corrected chi connectivity index (χ4v) is 3.42. The predicted molar refractivity (Wildman–Crippen MR) is 88.6 cm³/mol. The van der Waals surface area contributed by atoms with Gasteiger partial charge in [0.25, 0.3) is 11.5 Å². The minimum Gasteiger partial charge on any atom is -0.347 e. The summed E-state index contributed by atoms with van der Waals surface area (Å²) in [4.78, 5) is 32.0. The molecule has 0 aromatic carbocycles. The Morgan fingerprint density at radius 3 is 2.73 bits per heavy atom. The molecule has 0 radical (unpaired) electrons. The van der Waals surface area contributed by atoms with E-state index in [1.807, 2.05) is 26.8 Å². The zero-order chi connectivity index (χ0) is 16.3. The van der Waals surface area contributed by atoms with Gasteiger partial charge in [-0.05, 0) is 45.2 Å². The van der Waals surface area contributed by atoms with Crippen LogP contribution in [0.15, 0.2) is 10.9 Å². The lowest BCUT2D eigenvalue weighted by Crippen LogP contribution is -2.27. The molecule has 0 spiro atoms. The molecule has 0 unspecified atom stereocenters. The number of hydrogen-bond acceptors (Lipinski definition) is 4. The van der Waals surface area contributed by atoms with E-state index in [2.05, 4.69) is 22.2 Å². The SMILES string of the molecule is CCCc1nc(C)c(C(=O)NCc2c(C)cc(C)[nH]c2=O)s1. The minimum absolute atomic E-state index is 0.148. The molecular weight excluding hydrogens is 298 g/mol. The van der Waals surface area contributed by atoms with E-state index in [-0.39, 0.29) is 18.0 Å². The maximum absolute atomic E-state index is 12.3. The predicted octanol–water partition coefficient (Wildman–Crippen LogP) is 2.64. The number of H-pyrrole nitrogens is 1. The van der Waals surface area contributed by atoms with Crippen molar-refractivity contribution < 1.29 is 4.79 Å². The van der Waals surface area contributed by atoms with Gasteiger partial charge in [0, 0.05) is 17.8 Å². The fraction of sp³-hybridized carbons (Fsp3) is 0.438. The van der Waals surface area contributed by atoms with Gasteiger partial charge in [0.05, 0.1) is 10.7 Å². The summed E-state index contributed by atoms with van der Waals surface area (Å²) in [5, 5.41) is 3.81. The van der Waals surface area contributed by atoms with Gasteiger partial charge < -0.3 is 10.3 Å². The third kappa shape index (κ3) is 3.62. The van der Waals surface area contributed by atoms with E-state index in [0.717, 1.165) is 34.8 Å². The van der Waals surface area contributed by atoms with E-state index in [1.54, 1.807) is 0 Å². The summed E-state index contributed by atoms with van der Waals surface area (Å²) in [6, 6.07) is 1.90. The van der Waals surface area contributed by atoms with Crippen LogP contribution in [0, 0.1) is 20.8 Å². The molecule has 2 heterocycles. The molecule has 0 aliphatic heterocycles. The van der Waals surface area contributed by atoms with Crippen LogP contribution in [0.25, 0.3) is 0 Å². The first kappa shape index (κ1) is 16.4. The molecule has 0 aliphatic rings. The molecule has 0 fully saturated rings. The number of rotatable bonds is 5. The summed E-state index contributed by atoms with van der Waals surface area (Å²) in [7, 11) is 0. The van der Waals surface area contributed by atoms with Crippen molar-refractivity contribution >= 4 is 17.2 Å². The molecule has 5 nitrogen and oxygen atoms in total. The van der Waals surface area contributed by atoms with Crippen LogP contribution in [0.5, 0.6) is 0 Å². The minimum atomic E-state index is -0.170. The lowest BCUT2D eigenvalue weighted by molar-refractivity contribution is 0.0954. The zero-order valence-corrected chi connectivity index (χ0v) is 14.2. The molecule has 1 amide bonds. The van der Waals surface area contributed by atoms with Crippen molar-refractivity contribution in [2.45, 2.75) is 47.1 Å². The highest BCUT2D eigenvalue weighted by atomic mass is 32.1. The number of carbonyl (C=O) groups is 1. The van der Waals surface area contributed by atoms with Gasteiger partial charge in [-0.3, -0.25) is 9.59 Å². The number of aromatic amines is 1. The third-order valence-electron chi connectivity index (χ3n) is 3.43. The number of pyridine rings is 1. The molecule has 0 saturated heterocycles. The lowest BCUT2D eigenvalue weighted by Gasteiger charge is -2.07. The van der Waals surface area contributed by atoms with Crippen molar-refractivity contribution in [3.05, 3.63) is 48.8 Å². The normalized spacial score (nSPS) is 10.7. The van der Waals surface area contributed by atoms with Gasteiger partial charge in [-0.1, -0.05) is 6.92 Å². The molecule has 0 aliphatic carbocycles. The Bertz CT molecular complexity index is 746. The number of amides is 1. The first-order valence-corrected chi connectivity index (χ1v) is 8.18. The van der Waals surface area contributed by atoms with Crippen LogP contribution in [0.1, 0.15) is 50.5 Å². The largest absolute Gasteiger partial charge is 0.347 e. The van der Waals surface area contributed by atoms with E-state index in [0.29, 0.717) is 10.4 Å². The molecule has 0 saturated carbocycles. The standard InChI is InChI=1S/C16H21N3O2S/c1-5-6-13-19-11(4)14(22-13)16(21)17-8-12-9(2)7-10(3)18-15(12)20/h7H,5-6,8H2,1-4H3,(H,17,21)(H,18,20). The number of nitrogens with zero attached hydrogens (tertiary/aromatic N) is 1. The van der Waals surface area contributed by atoms with Crippen LogP contribution >= 0.6 is 11.3 Å². The monoisotopic (exact) mass is 319 g/mol. The second-order valence-electron chi connectivity index (χ2n) is 5.40. The quantitative estimate of drug-likeness (QED) is 0.889. The smallest absolute Gasteiger partial charge is 0.263 e. The fourth-order valence-electron chi connectivity index (χ4n) is 2.33. The highest BCUT2D eigenvalue weighted by Crippen LogP contribution is 2.19. The van der Waals surface area contributed by atoms with Crippen molar-refractivity contribution in [2.24, 2.45) is 0 Å². The Labute approximate surface area is 133 Å². The molecular formula is C16H21N3O2S. The van der Waals surface area contributed by atoms with Gasteiger partial charge in [-0.25, -0.2) is 4.98 Å². The number of thiazole rings is 1. The average molecular weight is 319 g/mol. The molecule has 2 rings (SSSR count). The second-order valence-corrected chi connectivity index (χ2v) is 6.48. The van der Waals surface area contributed by atoms with Crippen molar-refractivity contribution in [1.29, 1.82) is 0 Å². The Hall–Kier alpha value is -1.95. The van der Waals surface area contributed by atoms with Crippen molar-refractivity contribution in [1.82, 2.24) is 15.3 Å². The van der Waals surface area contributed by atoms with Crippen LogP contribution < -0.4 is 10.9 Å². The first-order chi connectivity index (χ1) is 10.4. The second kappa shape index (κ2) is 6.87. The number of carbonyl (C=O) groups excluding carboxylic acids is 1. The summed E-state index contributed by atoms with van der Waals surface area (Å²) in [6.07, 6.45) is 1.89. The van der Waals surface area contributed by atoms with Crippen molar-refractivity contribution in [3.63, 3.8) is 0 Å². The molecule has 6 heteroatoms. The molecule has 2 aromatic heterocycles. The molecule has 2 aromatic rings. The number of aromatic nitrogens is 2. The van der Waals surface area contributed by atoms with Crippen molar-refractivity contribution in [2.75, 3.05) is 0 Å². The third-order valence-corrected chi connectivity index (χ3v) is 4.65. The van der Waals surface area contributed by atoms with Crippen LogP contribution in [0.4, 0.5) is 0 Å². The molecule has 22 heavy (non-hydrogen) atoms. The van der Waals surface area contributed by atoms with Crippen molar-refractivity contribution in [3.8, 4) is 0 Å². The van der Waals surface area contributed by atoms with E-state index >= 15 is 0 Å². The first-order valence-electron chi connectivity index (χ1n) is 7.36. The summed E-state index contributed by atoms with van der Waals surface area (Å²) < 4.78 is 0. The lowest BCUT2D eigenvalue weighted by atomic mass is 10.1. The average Bonchev–Trinajstić information content (AvgIpc) is 2.78. The van der Waals surface area contributed by atoms with Crippen LogP contribution in [-0.4, -0.2) is 15.9 Å². The summed E-state index contributed by atoms with van der Waals surface area (Å²) in [5.74, 6) is -0.170. The van der Waals surface area contributed by atoms with Gasteiger partial charge >= 0.3 is 0 Å². The molecule has 0 bridgehead atoms. The topological polar surface area (TPSA) is 74.8 Å². The maximum atomic E-state index is 12.3. The molecule has 118 valence electrons. The maximum Gasteiger partial charge on any atom is 0.263 e. The number of hydrogen-bond donors (Lipinski definition) is 2. The van der Waals surface area contributed by atoms with E-state index in [4.69, 9.17) is 0 Å². The zero-order valence-electron chi connectivity index (χ0n) is 13.4. The van der Waals surface area contributed by atoms with E-state index in [9.17, 15) is 9.59 Å². The van der Waals surface area contributed by atoms with E-state index < -0.39 is 0 Å². The highest BCUT2D eigenvalue weighted by molar-refractivity contribution is 7.13. The number of aryl methyl sites for hydroxylation is 4. The highest BCUT2D eigenvalue weighted by Gasteiger charge is 2.15.